The van der Waals surface area contributed by atoms with Crippen LogP contribution in [-0.2, 0) is 5.41 Å². The lowest BCUT2D eigenvalue weighted by atomic mass is 9.72. The van der Waals surface area contributed by atoms with E-state index in [4.69, 9.17) is 0 Å². The van der Waals surface area contributed by atoms with E-state index in [1.807, 2.05) is 48.5 Å². The summed E-state index contributed by atoms with van der Waals surface area (Å²) in [5.41, 5.74) is 14.7. The van der Waals surface area contributed by atoms with Crippen LogP contribution in [0.2, 0.25) is 0 Å². The zero-order chi connectivity index (χ0) is 37.4. The standard InChI is InChI=1S/C52H40N2O/c1-52(2)47-35-40(37-26-30-46(31-27-37)53(43-20-9-4-10-21-43)44-22-11-5-12-23-44)28-32-49(47)54(45-24-13-6-14-25-45)50-33-29-41(36-48(50)52)39-18-15-19-42(34-39)51(55)38-16-7-3-8-17-38/h3-36H,1-2H3. The molecule has 0 unspecified atom stereocenters. The van der Waals surface area contributed by atoms with Crippen LogP contribution in [0, 0.1) is 0 Å². The largest absolute Gasteiger partial charge is 0.311 e. The first-order valence-corrected chi connectivity index (χ1v) is 18.8. The van der Waals surface area contributed by atoms with Crippen molar-refractivity contribution in [2.75, 3.05) is 9.80 Å². The average Bonchev–Trinajstić information content (AvgIpc) is 3.25. The molecule has 0 spiro atoms. The van der Waals surface area contributed by atoms with Crippen LogP contribution in [0.15, 0.2) is 206 Å². The fourth-order valence-corrected chi connectivity index (χ4v) is 7.95. The van der Waals surface area contributed by atoms with E-state index in [9.17, 15) is 4.79 Å². The number of ketones is 1. The van der Waals surface area contributed by atoms with Crippen molar-refractivity contribution >= 4 is 39.9 Å². The van der Waals surface area contributed by atoms with Gasteiger partial charge in [0.25, 0.3) is 0 Å². The second kappa shape index (κ2) is 14.1. The Labute approximate surface area is 323 Å². The van der Waals surface area contributed by atoms with Gasteiger partial charge in [-0.2, -0.15) is 0 Å². The number of anilines is 6. The molecule has 0 saturated carbocycles. The predicted octanol–water partition coefficient (Wildman–Crippen LogP) is 13.8. The minimum atomic E-state index is -0.323. The Bertz CT molecular complexity index is 2580. The summed E-state index contributed by atoms with van der Waals surface area (Å²) in [6, 6.07) is 71.7. The third kappa shape index (κ3) is 6.30. The molecule has 1 aliphatic heterocycles. The van der Waals surface area contributed by atoms with Gasteiger partial charge < -0.3 is 9.80 Å². The molecule has 0 fully saturated rings. The molecule has 0 N–H and O–H groups in total. The van der Waals surface area contributed by atoms with Crippen LogP contribution >= 0.6 is 0 Å². The lowest BCUT2D eigenvalue weighted by Gasteiger charge is -2.42. The van der Waals surface area contributed by atoms with Crippen molar-refractivity contribution in [3.05, 3.63) is 229 Å². The Morgan fingerprint density at radius 2 is 0.855 bits per heavy atom. The van der Waals surface area contributed by atoms with Gasteiger partial charge in [-0.05, 0) is 112 Å². The second-order valence-corrected chi connectivity index (χ2v) is 14.6. The van der Waals surface area contributed by atoms with Gasteiger partial charge >= 0.3 is 0 Å². The molecule has 9 rings (SSSR count). The number of benzene rings is 8. The molecule has 0 aromatic heterocycles. The monoisotopic (exact) mass is 708 g/mol. The quantitative estimate of drug-likeness (QED) is 0.147. The highest BCUT2D eigenvalue weighted by molar-refractivity contribution is 6.09. The van der Waals surface area contributed by atoms with Crippen molar-refractivity contribution in [3.63, 3.8) is 0 Å². The third-order valence-corrected chi connectivity index (χ3v) is 10.8. The number of hydrogen-bond acceptors (Lipinski definition) is 3. The summed E-state index contributed by atoms with van der Waals surface area (Å²) in [5.74, 6) is 0.0262. The van der Waals surface area contributed by atoms with Crippen LogP contribution in [0.3, 0.4) is 0 Å². The smallest absolute Gasteiger partial charge is 0.193 e. The Hall–Kier alpha value is -6.97. The van der Waals surface area contributed by atoms with Crippen molar-refractivity contribution in [2.45, 2.75) is 19.3 Å². The number of hydrogen-bond donors (Lipinski definition) is 0. The number of carbonyl (C=O) groups is 1. The highest BCUT2D eigenvalue weighted by atomic mass is 16.1. The summed E-state index contributed by atoms with van der Waals surface area (Å²) in [5, 5.41) is 0. The highest BCUT2D eigenvalue weighted by Gasteiger charge is 2.37. The minimum absolute atomic E-state index is 0.0262. The number of fused-ring (bicyclic) bond motifs is 2. The zero-order valence-corrected chi connectivity index (χ0v) is 30.9. The van der Waals surface area contributed by atoms with Gasteiger partial charge in [-0.1, -0.05) is 141 Å². The van der Waals surface area contributed by atoms with Gasteiger partial charge in [-0.15, -0.1) is 0 Å². The molecule has 264 valence electrons. The molecule has 3 heteroatoms. The highest BCUT2D eigenvalue weighted by Crippen LogP contribution is 2.53. The van der Waals surface area contributed by atoms with Crippen molar-refractivity contribution in [1.82, 2.24) is 0 Å². The molecule has 0 bridgehead atoms. The summed E-state index contributed by atoms with van der Waals surface area (Å²) in [7, 11) is 0. The molecule has 55 heavy (non-hydrogen) atoms. The topological polar surface area (TPSA) is 23.6 Å². The van der Waals surface area contributed by atoms with Gasteiger partial charge in [0.05, 0.1) is 11.4 Å². The van der Waals surface area contributed by atoms with Crippen LogP contribution in [0.1, 0.15) is 40.9 Å². The van der Waals surface area contributed by atoms with Gasteiger partial charge in [-0.25, -0.2) is 0 Å². The normalized spacial score (nSPS) is 12.7. The molecule has 8 aromatic carbocycles. The number of nitrogens with zero attached hydrogens (tertiary/aromatic N) is 2. The SMILES string of the molecule is CC1(C)c2cc(-c3ccc(N(c4ccccc4)c4ccccc4)cc3)ccc2N(c2ccccc2)c2ccc(-c3cccc(C(=O)c4ccccc4)c3)cc21. The number of para-hydroxylation sites is 3. The fraction of sp³-hybridized carbons (Fsp3) is 0.0577. The Kier molecular flexibility index (Phi) is 8.68. The molecule has 1 heterocycles. The van der Waals surface area contributed by atoms with Crippen LogP contribution in [0.4, 0.5) is 34.1 Å². The lowest BCUT2D eigenvalue weighted by Crippen LogP contribution is -2.30. The fourth-order valence-electron chi connectivity index (χ4n) is 7.95. The minimum Gasteiger partial charge on any atom is -0.311 e. The first kappa shape index (κ1) is 33.8. The van der Waals surface area contributed by atoms with E-state index in [0.717, 1.165) is 45.1 Å². The van der Waals surface area contributed by atoms with Crippen molar-refractivity contribution in [3.8, 4) is 22.3 Å². The molecule has 0 amide bonds. The molecule has 0 atom stereocenters. The number of carbonyl (C=O) groups excluding carboxylic acids is 1. The Balaban J connectivity index is 1.12. The second-order valence-electron chi connectivity index (χ2n) is 14.6. The predicted molar refractivity (Wildman–Crippen MR) is 229 cm³/mol. The van der Waals surface area contributed by atoms with Crippen LogP contribution in [-0.4, -0.2) is 5.78 Å². The third-order valence-electron chi connectivity index (χ3n) is 10.8. The molecular formula is C52H40N2O. The van der Waals surface area contributed by atoms with E-state index >= 15 is 0 Å². The lowest BCUT2D eigenvalue weighted by molar-refractivity contribution is 0.103. The van der Waals surface area contributed by atoms with Crippen molar-refractivity contribution < 1.29 is 4.79 Å². The molecule has 8 aromatic rings. The average molecular weight is 709 g/mol. The Morgan fingerprint density at radius 1 is 0.418 bits per heavy atom. The van der Waals surface area contributed by atoms with Gasteiger partial charge in [0.1, 0.15) is 0 Å². The maximum Gasteiger partial charge on any atom is 0.193 e. The zero-order valence-electron chi connectivity index (χ0n) is 30.9. The molecule has 0 radical (unpaired) electrons. The van der Waals surface area contributed by atoms with Gasteiger partial charge in [0, 0.05) is 39.3 Å². The van der Waals surface area contributed by atoms with E-state index in [1.165, 1.54) is 22.4 Å². The summed E-state index contributed by atoms with van der Waals surface area (Å²) in [6.45, 7) is 4.66. The number of rotatable bonds is 8. The maximum absolute atomic E-state index is 13.4. The van der Waals surface area contributed by atoms with Gasteiger partial charge in [-0.3, -0.25) is 4.79 Å². The Morgan fingerprint density at radius 3 is 1.42 bits per heavy atom. The van der Waals surface area contributed by atoms with E-state index in [-0.39, 0.29) is 11.2 Å². The summed E-state index contributed by atoms with van der Waals surface area (Å²) < 4.78 is 0. The summed E-state index contributed by atoms with van der Waals surface area (Å²) in [4.78, 5) is 18.1. The van der Waals surface area contributed by atoms with E-state index < -0.39 is 0 Å². The maximum atomic E-state index is 13.4. The van der Waals surface area contributed by atoms with Crippen molar-refractivity contribution in [1.29, 1.82) is 0 Å². The van der Waals surface area contributed by atoms with Crippen molar-refractivity contribution in [2.24, 2.45) is 0 Å². The molecular weight excluding hydrogens is 669 g/mol. The van der Waals surface area contributed by atoms with E-state index in [0.29, 0.717) is 11.1 Å². The van der Waals surface area contributed by atoms with Crippen LogP contribution < -0.4 is 9.80 Å². The van der Waals surface area contributed by atoms with Crippen LogP contribution in [0.5, 0.6) is 0 Å². The first-order valence-electron chi connectivity index (χ1n) is 18.8. The van der Waals surface area contributed by atoms with Gasteiger partial charge in [0.15, 0.2) is 5.78 Å². The van der Waals surface area contributed by atoms with Gasteiger partial charge in [0.2, 0.25) is 0 Å². The molecule has 3 nitrogen and oxygen atoms in total. The van der Waals surface area contributed by atoms with Crippen LogP contribution in [0.25, 0.3) is 22.3 Å². The van der Waals surface area contributed by atoms with E-state index in [1.54, 1.807) is 0 Å². The summed E-state index contributed by atoms with van der Waals surface area (Å²) in [6.07, 6.45) is 0. The first-order chi connectivity index (χ1) is 27.0. The molecule has 1 aliphatic rings. The summed E-state index contributed by atoms with van der Waals surface area (Å²) >= 11 is 0. The molecule has 0 saturated heterocycles. The molecule has 0 aliphatic carbocycles. The van der Waals surface area contributed by atoms with E-state index in [2.05, 4.69) is 181 Å².